The Balaban J connectivity index is 1.22. The van der Waals surface area contributed by atoms with Gasteiger partial charge in [-0.05, 0) is 30.0 Å². The average molecular weight is 501 g/mol. The van der Waals surface area contributed by atoms with Crippen LogP contribution < -0.4 is 5.32 Å². The highest BCUT2D eigenvalue weighted by Gasteiger charge is 2.66. The highest BCUT2D eigenvalue weighted by Crippen LogP contribution is 2.59. The third-order valence-electron chi connectivity index (χ3n) is 5.97. The maximum atomic E-state index is 14.7. The van der Waals surface area contributed by atoms with Crippen molar-refractivity contribution in [3.63, 3.8) is 0 Å². The Labute approximate surface area is 201 Å². The van der Waals surface area contributed by atoms with Gasteiger partial charge in [0.25, 0.3) is 0 Å². The molecule has 13 heteroatoms. The molecule has 1 N–H and O–H groups in total. The average Bonchev–Trinajstić information content (AvgIpc) is 3.37. The second-order valence-corrected chi connectivity index (χ2v) is 8.64. The van der Waals surface area contributed by atoms with Crippen LogP contribution in [0.4, 0.5) is 23.4 Å². The molecule has 1 amide bonds. The van der Waals surface area contributed by atoms with E-state index in [1.54, 1.807) is 36.4 Å². The molecular weight excluding hydrogens is 482 g/mol. The van der Waals surface area contributed by atoms with Crippen molar-refractivity contribution >= 4 is 11.7 Å². The van der Waals surface area contributed by atoms with Crippen molar-refractivity contribution in [2.24, 2.45) is 7.05 Å². The number of hydrogen-bond donors (Lipinski definition) is 1. The first-order chi connectivity index (χ1) is 17.1. The molecule has 4 aromatic rings. The molecule has 0 atom stereocenters. The van der Waals surface area contributed by atoms with Crippen molar-refractivity contribution < 1.29 is 26.9 Å². The van der Waals surface area contributed by atoms with Crippen LogP contribution in [0, 0.1) is 5.82 Å². The Morgan fingerprint density at radius 2 is 1.92 bits per heavy atom. The molecule has 1 aliphatic rings. The minimum Gasteiger partial charge on any atom is -0.358 e. The fourth-order valence-electron chi connectivity index (χ4n) is 3.82. The molecule has 3 aromatic heterocycles. The second-order valence-electron chi connectivity index (χ2n) is 8.64. The summed E-state index contributed by atoms with van der Waals surface area (Å²) in [6.07, 6.45) is 0.312. The molecule has 1 aliphatic carbocycles. The molecule has 0 bridgehead atoms. The van der Waals surface area contributed by atoms with Crippen molar-refractivity contribution in [3.05, 3.63) is 71.5 Å². The first-order valence-electron chi connectivity index (χ1n) is 10.9. The van der Waals surface area contributed by atoms with Crippen LogP contribution in [0.25, 0.3) is 11.1 Å². The Morgan fingerprint density at radius 1 is 1.17 bits per heavy atom. The highest BCUT2D eigenvalue weighted by atomic mass is 19.4. The van der Waals surface area contributed by atoms with E-state index < -0.39 is 23.3 Å². The van der Waals surface area contributed by atoms with E-state index in [4.69, 9.17) is 4.52 Å². The lowest BCUT2D eigenvalue weighted by Gasteiger charge is -2.14. The van der Waals surface area contributed by atoms with Crippen LogP contribution >= 0.6 is 0 Å². The quantitative estimate of drug-likeness (QED) is 0.384. The molecule has 1 aromatic carbocycles. The van der Waals surface area contributed by atoms with E-state index in [-0.39, 0.29) is 36.4 Å². The fraction of sp³-hybridized carbons (Fsp3) is 0.304. The number of nitrogens with zero attached hydrogens (tertiary/aromatic N) is 6. The van der Waals surface area contributed by atoms with Crippen molar-refractivity contribution in [1.82, 2.24) is 30.1 Å². The number of aromatic nitrogens is 6. The van der Waals surface area contributed by atoms with E-state index in [1.807, 2.05) is 0 Å². The number of nitrogens with one attached hydrogen (secondary N) is 1. The van der Waals surface area contributed by atoms with Crippen LogP contribution in [0.3, 0.4) is 0 Å². The summed E-state index contributed by atoms with van der Waals surface area (Å²) in [4.78, 5) is 20.9. The van der Waals surface area contributed by atoms with Gasteiger partial charge in [0.2, 0.25) is 5.91 Å². The van der Waals surface area contributed by atoms with Gasteiger partial charge < -0.3 is 9.84 Å². The molecule has 186 valence electrons. The van der Waals surface area contributed by atoms with Crippen molar-refractivity contribution in [2.75, 3.05) is 5.32 Å². The number of rotatable bonds is 7. The Kier molecular flexibility index (Phi) is 5.77. The van der Waals surface area contributed by atoms with Gasteiger partial charge in [-0.25, -0.2) is 14.4 Å². The summed E-state index contributed by atoms with van der Waals surface area (Å²) in [5.74, 6) is -1.23. The Bertz CT molecular complexity index is 1410. The summed E-state index contributed by atoms with van der Waals surface area (Å²) in [6, 6.07) is 5.40. The maximum Gasteiger partial charge on any atom is 0.401 e. The number of carbonyl (C=O) groups is 1. The molecule has 36 heavy (non-hydrogen) atoms. The summed E-state index contributed by atoms with van der Waals surface area (Å²) >= 11 is 0. The van der Waals surface area contributed by atoms with E-state index in [2.05, 4.69) is 30.8 Å². The van der Waals surface area contributed by atoms with Gasteiger partial charge in [0, 0.05) is 37.3 Å². The molecule has 0 aliphatic heterocycles. The van der Waals surface area contributed by atoms with Crippen LogP contribution in [0.2, 0.25) is 0 Å². The molecule has 9 nitrogen and oxygen atoms in total. The number of amides is 1. The minimum atomic E-state index is -4.46. The number of aryl methyl sites for hydroxylation is 1. The van der Waals surface area contributed by atoms with Crippen molar-refractivity contribution in [1.29, 1.82) is 0 Å². The third kappa shape index (κ3) is 4.68. The summed E-state index contributed by atoms with van der Waals surface area (Å²) in [6.45, 7) is 0. The molecule has 5 rings (SSSR count). The number of anilines is 1. The predicted molar refractivity (Wildman–Crippen MR) is 117 cm³/mol. The normalized spacial score (nSPS) is 14.6. The lowest BCUT2D eigenvalue weighted by molar-refractivity contribution is -0.165. The van der Waals surface area contributed by atoms with Gasteiger partial charge in [-0.3, -0.25) is 9.48 Å². The maximum absolute atomic E-state index is 14.7. The standard InChI is InChI=1S/C23H19F4N7O2/c1-34-12-16(31-33-34)8-19-28-10-15(11-29-19)13-2-3-14(17(24)6-13)7-21(35)30-20-9-18(36-32-20)22(4-5-22)23(25,26)27/h2-3,6,9-12H,4-5,7-8H2,1H3,(H,30,32,35). The van der Waals surface area contributed by atoms with Gasteiger partial charge >= 0.3 is 6.18 Å². The summed E-state index contributed by atoms with van der Waals surface area (Å²) in [7, 11) is 1.76. The Hall–Kier alpha value is -4.16. The molecule has 1 fully saturated rings. The van der Waals surface area contributed by atoms with Gasteiger partial charge in [0.15, 0.2) is 11.6 Å². The fourth-order valence-corrected chi connectivity index (χ4v) is 3.82. The van der Waals surface area contributed by atoms with Crippen molar-refractivity contribution in [2.45, 2.75) is 37.3 Å². The second kappa shape index (κ2) is 8.81. The molecule has 0 spiro atoms. The largest absolute Gasteiger partial charge is 0.401 e. The van der Waals surface area contributed by atoms with Gasteiger partial charge in [0.1, 0.15) is 17.1 Å². The first-order valence-corrected chi connectivity index (χ1v) is 10.9. The zero-order valence-electron chi connectivity index (χ0n) is 18.9. The Morgan fingerprint density at radius 3 is 2.53 bits per heavy atom. The number of hydrogen-bond acceptors (Lipinski definition) is 7. The number of alkyl halides is 3. The van der Waals surface area contributed by atoms with Crippen LogP contribution in [0.15, 0.2) is 47.4 Å². The van der Waals surface area contributed by atoms with Crippen molar-refractivity contribution in [3.8, 4) is 11.1 Å². The lowest BCUT2D eigenvalue weighted by atomic mass is 10.0. The van der Waals surface area contributed by atoms with Gasteiger partial charge in [-0.15, -0.1) is 5.10 Å². The van der Waals surface area contributed by atoms with E-state index in [1.165, 1.54) is 12.1 Å². The lowest BCUT2D eigenvalue weighted by Crippen LogP contribution is -2.28. The van der Waals surface area contributed by atoms with E-state index >= 15 is 0 Å². The van der Waals surface area contributed by atoms with Gasteiger partial charge in [0.05, 0.1) is 18.5 Å². The molecule has 0 saturated heterocycles. The minimum absolute atomic E-state index is 0.0912. The number of carbonyl (C=O) groups excluding carboxylic acids is 1. The molecule has 1 saturated carbocycles. The molecular formula is C23H19F4N7O2. The third-order valence-corrected chi connectivity index (χ3v) is 5.97. The van der Waals surface area contributed by atoms with Crippen LogP contribution in [0.1, 0.15) is 35.7 Å². The zero-order chi connectivity index (χ0) is 25.5. The van der Waals surface area contributed by atoms with Gasteiger partial charge in [-0.2, -0.15) is 13.2 Å². The first kappa shape index (κ1) is 23.6. The monoisotopic (exact) mass is 501 g/mol. The molecule has 0 unspecified atom stereocenters. The number of benzene rings is 1. The highest BCUT2D eigenvalue weighted by molar-refractivity contribution is 5.91. The van der Waals surface area contributed by atoms with Gasteiger partial charge in [-0.1, -0.05) is 22.5 Å². The SMILES string of the molecule is Cn1cc(Cc2ncc(-c3ccc(CC(=O)Nc4cc(C5(C(F)(F)F)CC5)on4)c(F)c3)cn2)nn1. The summed E-state index contributed by atoms with van der Waals surface area (Å²) in [5, 5.41) is 13.7. The van der Waals surface area contributed by atoms with E-state index in [9.17, 15) is 22.4 Å². The van der Waals surface area contributed by atoms with Crippen LogP contribution in [0.5, 0.6) is 0 Å². The predicted octanol–water partition coefficient (Wildman–Crippen LogP) is 3.77. The summed E-state index contributed by atoms with van der Waals surface area (Å²) in [5.41, 5.74) is -0.114. The van der Waals surface area contributed by atoms with E-state index in [0.29, 0.717) is 29.1 Å². The van der Waals surface area contributed by atoms with E-state index in [0.717, 1.165) is 6.07 Å². The summed E-state index contributed by atoms with van der Waals surface area (Å²) < 4.78 is 60.8. The van der Waals surface area contributed by atoms with Crippen LogP contribution in [-0.2, 0) is 30.1 Å². The van der Waals surface area contributed by atoms with Crippen LogP contribution in [-0.4, -0.2) is 42.2 Å². The topological polar surface area (TPSA) is 112 Å². The molecule has 3 heterocycles. The number of halogens is 4. The smallest absolute Gasteiger partial charge is 0.358 e. The zero-order valence-corrected chi connectivity index (χ0v) is 18.9. The molecule has 0 radical (unpaired) electrons.